The largest absolute Gasteiger partial charge is 0.493 e. The van der Waals surface area contributed by atoms with Crippen LogP contribution in [0.2, 0.25) is 0 Å². The zero-order valence-electron chi connectivity index (χ0n) is 14.5. The molecule has 0 atom stereocenters. The van der Waals surface area contributed by atoms with E-state index in [0.29, 0.717) is 23.7 Å². The molecule has 0 fully saturated rings. The molecule has 3 aromatic rings. The van der Waals surface area contributed by atoms with E-state index in [-0.39, 0.29) is 5.91 Å². The van der Waals surface area contributed by atoms with E-state index in [4.69, 9.17) is 9.47 Å². The Hall–Kier alpha value is -2.38. The summed E-state index contributed by atoms with van der Waals surface area (Å²) >= 11 is 3.23. The Morgan fingerprint density at radius 3 is 2.81 bits per heavy atom. The summed E-state index contributed by atoms with van der Waals surface area (Å²) in [5, 5.41) is 4.72. The van der Waals surface area contributed by atoms with Crippen molar-refractivity contribution in [1.82, 2.24) is 9.88 Å². The van der Waals surface area contributed by atoms with Crippen molar-refractivity contribution < 1.29 is 14.3 Å². The summed E-state index contributed by atoms with van der Waals surface area (Å²) in [7, 11) is 3.21. The van der Waals surface area contributed by atoms with E-state index in [9.17, 15) is 4.79 Å². The van der Waals surface area contributed by atoms with Crippen molar-refractivity contribution in [2.45, 2.75) is 13.0 Å². The first kappa shape index (κ1) is 17.1. The van der Waals surface area contributed by atoms with E-state index in [0.717, 1.165) is 23.5 Å². The number of amides is 1. The topological polar surface area (TPSA) is 51.7 Å². The first-order chi connectivity index (χ1) is 12.7. The highest BCUT2D eigenvalue weighted by molar-refractivity contribution is 7.13. The van der Waals surface area contributed by atoms with Gasteiger partial charge in [0.25, 0.3) is 5.91 Å². The molecule has 0 unspecified atom stereocenters. The van der Waals surface area contributed by atoms with Gasteiger partial charge in [-0.2, -0.15) is 0 Å². The maximum absolute atomic E-state index is 12.8. The number of nitrogens with zero attached hydrogens (tertiary/aromatic N) is 2. The quantitative estimate of drug-likeness (QED) is 0.678. The number of benzene rings is 1. The molecule has 0 spiro atoms. The summed E-state index contributed by atoms with van der Waals surface area (Å²) in [5.74, 6) is 1.31. The second-order valence-electron chi connectivity index (χ2n) is 5.95. The Bertz CT molecular complexity index is 948. The Labute approximate surface area is 159 Å². The minimum atomic E-state index is -0.00942. The van der Waals surface area contributed by atoms with Gasteiger partial charge in [-0.05, 0) is 41.6 Å². The van der Waals surface area contributed by atoms with E-state index in [1.807, 2.05) is 28.5 Å². The third-order valence-corrected chi connectivity index (χ3v) is 6.36. The molecule has 5 nitrogen and oxygen atoms in total. The van der Waals surface area contributed by atoms with Crippen molar-refractivity contribution in [3.05, 3.63) is 51.2 Å². The number of hydrogen-bond acceptors (Lipinski definition) is 6. The number of thiazole rings is 1. The van der Waals surface area contributed by atoms with Gasteiger partial charge in [0.2, 0.25) is 0 Å². The van der Waals surface area contributed by atoms with Gasteiger partial charge in [-0.15, -0.1) is 22.7 Å². The van der Waals surface area contributed by atoms with Crippen molar-refractivity contribution in [2.24, 2.45) is 0 Å². The fourth-order valence-electron chi connectivity index (χ4n) is 3.06. The van der Waals surface area contributed by atoms with Crippen LogP contribution in [0.1, 0.15) is 20.9 Å². The van der Waals surface area contributed by atoms with Crippen LogP contribution >= 0.6 is 22.7 Å². The van der Waals surface area contributed by atoms with Crippen LogP contribution in [0.3, 0.4) is 0 Å². The molecule has 0 radical (unpaired) electrons. The molecule has 1 amide bonds. The third-order valence-electron chi connectivity index (χ3n) is 4.45. The van der Waals surface area contributed by atoms with Crippen LogP contribution in [0.15, 0.2) is 35.0 Å². The molecular formula is C19H18N2O3S2. The lowest BCUT2D eigenvalue weighted by Crippen LogP contribution is -2.35. The van der Waals surface area contributed by atoms with Gasteiger partial charge in [-0.3, -0.25) is 4.79 Å². The number of ether oxygens (including phenoxy) is 2. The first-order valence-electron chi connectivity index (χ1n) is 8.22. The molecule has 1 aromatic carbocycles. The molecule has 0 N–H and O–H groups in total. The smallest absolute Gasteiger partial charge is 0.273 e. The van der Waals surface area contributed by atoms with Crippen LogP contribution in [0.25, 0.3) is 10.6 Å². The molecule has 3 heterocycles. The highest BCUT2D eigenvalue weighted by Gasteiger charge is 2.24. The van der Waals surface area contributed by atoms with Gasteiger partial charge in [-0.25, -0.2) is 4.98 Å². The highest BCUT2D eigenvalue weighted by atomic mass is 32.1. The third kappa shape index (κ3) is 3.08. The predicted octanol–water partition coefficient (Wildman–Crippen LogP) is 4.09. The van der Waals surface area contributed by atoms with Crippen molar-refractivity contribution in [3.63, 3.8) is 0 Å². The van der Waals surface area contributed by atoms with E-state index < -0.39 is 0 Å². The minimum Gasteiger partial charge on any atom is -0.493 e. The number of carbonyl (C=O) groups is 1. The van der Waals surface area contributed by atoms with Gasteiger partial charge in [0, 0.05) is 28.9 Å². The van der Waals surface area contributed by atoms with Crippen molar-refractivity contribution in [2.75, 3.05) is 20.8 Å². The summed E-state index contributed by atoms with van der Waals surface area (Å²) in [6.45, 7) is 1.41. The molecule has 1 aliphatic heterocycles. The standard InChI is InChI=1S/C19H18N2O3S2/c1-23-15-4-3-12(9-16(15)24-2)18-20-14(11-26-18)19(22)21-7-5-17-13(10-21)6-8-25-17/h3-4,6,8-9,11H,5,7,10H2,1-2H3. The highest BCUT2D eigenvalue weighted by Crippen LogP contribution is 2.34. The Kier molecular flexibility index (Phi) is 4.65. The van der Waals surface area contributed by atoms with Crippen molar-refractivity contribution in [3.8, 4) is 22.1 Å². The van der Waals surface area contributed by atoms with E-state index in [1.54, 1.807) is 25.6 Å². The zero-order chi connectivity index (χ0) is 18.1. The molecule has 2 aromatic heterocycles. The molecular weight excluding hydrogens is 368 g/mol. The lowest BCUT2D eigenvalue weighted by Gasteiger charge is -2.26. The second-order valence-corrected chi connectivity index (χ2v) is 7.81. The molecule has 0 aliphatic carbocycles. The van der Waals surface area contributed by atoms with Crippen LogP contribution < -0.4 is 9.47 Å². The second kappa shape index (κ2) is 7.09. The van der Waals surface area contributed by atoms with Gasteiger partial charge in [0.1, 0.15) is 10.7 Å². The van der Waals surface area contributed by atoms with Gasteiger partial charge in [-0.1, -0.05) is 0 Å². The van der Waals surface area contributed by atoms with E-state index in [2.05, 4.69) is 16.4 Å². The zero-order valence-corrected chi connectivity index (χ0v) is 16.2. The molecule has 0 saturated heterocycles. The van der Waals surface area contributed by atoms with Crippen LogP contribution in [-0.4, -0.2) is 36.6 Å². The van der Waals surface area contributed by atoms with E-state index in [1.165, 1.54) is 21.8 Å². The lowest BCUT2D eigenvalue weighted by molar-refractivity contribution is 0.0731. The summed E-state index contributed by atoms with van der Waals surface area (Å²) in [5.41, 5.74) is 2.66. The number of aromatic nitrogens is 1. The summed E-state index contributed by atoms with van der Waals surface area (Å²) in [6, 6.07) is 7.76. The van der Waals surface area contributed by atoms with Gasteiger partial charge in [0.05, 0.1) is 14.2 Å². The van der Waals surface area contributed by atoms with Gasteiger partial charge >= 0.3 is 0 Å². The molecule has 26 heavy (non-hydrogen) atoms. The van der Waals surface area contributed by atoms with Crippen molar-refractivity contribution >= 4 is 28.6 Å². The van der Waals surface area contributed by atoms with Gasteiger partial charge in [0.15, 0.2) is 11.5 Å². The summed E-state index contributed by atoms with van der Waals surface area (Å²) in [4.78, 5) is 20.7. The van der Waals surface area contributed by atoms with Crippen LogP contribution in [0.5, 0.6) is 11.5 Å². The Morgan fingerprint density at radius 2 is 2.00 bits per heavy atom. The molecule has 134 valence electrons. The number of rotatable bonds is 4. The number of carbonyl (C=O) groups excluding carboxylic acids is 1. The summed E-state index contributed by atoms with van der Waals surface area (Å²) < 4.78 is 10.6. The maximum atomic E-state index is 12.8. The number of thiophene rings is 1. The minimum absolute atomic E-state index is 0.00942. The normalized spacial score (nSPS) is 13.4. The molecule has 0 bridgehead atoms. The van der Waals surface area contributed by atoms with Crippen LogP contribution in [-0.2, 0) is 13.0 Å². The van der Waals surface area contributed by atoms with Gasteiger partial charge < -0.3 is 14.4 Å². The fraction of sp³-hybridized carbons (Fsp3) is 0.263. The predicted molar refractivity (Wildman–Crippen MR) is 103 cm³/mol. The summed E-state index contributed by atoms with van der Waals surface area (Å²) in [6.07, 6.45) is 0.922. The Balaban J connectivity index is 1.56. The van der Waals surface area contributed by atoms with E-state index >= 15 is 0 Å². The lowest BCUT2D eigenvalue weighted by atomic mass is 10.1. The van der Waals surface area contributed by atoms with Crippen LogP contribution in [0, 0.1) is 0 Å². The number of hydrogen-bond donors (Lipinski definition) is 0. The molecule has 1 aliphatic rings. The average Bonchev–Trinajstić information content (AvgIpc) is 3.35. The number of methoxy groups -OCH3 is 2. The SMILES string of the molecule is COc1ccc(-c2nc(C(=O)N3CCc4sccc4C3)cs2)cc1OC. The monoisotopic (exact) mass is 386 g/mol. The molecule has 4 rings (SSSR count). The Morgan fingerprint density at radius 1 is 1.15 bits per heavy atom. The molecule has 7 heteroatoms. The number of fused-ring (bicyclic) bond motifs is 1. The van der Waals surface area contributed by atoms with Crippen LogP contribution in [0.4, 0.5) is 0 Å². The maximum Gasteiger partial charge on any atom is 0.273 e. The fourth-order valence-corrected chi connectivity index (χ4v) is 4.74. The first-order valence-corrected chi connectivity index (χ1v) is 9.98. The average molecular weight is 386 g/mol. The van der Waals surface area contributed by atoms with Crippen molar-refractivity contribution in [1.29, 1.82) is 0 Å². The molecule has 0 saturated carbocycles.